The molecule has 1 aliphatic heterocycles. The molecule has 0 radical (unpaired) electrons. The highest BCUT2D eigenvalue weighted by Gasteiger charge is 2.24. The van der Waals surface area contributed by atoms with Crippen LogP contribution in [0.15, 0.2) is 73.4 Å². The van der Waals surface area contributed by atoms with Crippen molar-refractivity contribution in [3.05, 3.63) is 94.6 Å². The maximum absolute atomic E-state index is 12.5. The molecular weight excluding hydrogens is 634 g/mol. The van der Waals surface area contributed by atoms with E-state index in [4.69, 9.17) is 39.5 Å². The largest absolute Gasteiger partial charge is 0.486 e. The zero-order valence-electron chi connectivity index (χ0n) is 16.5. The van der Waals surface area contributed by atoms with Gasteiger partial charge in [0.05, 0.1) is 29.6 Å². The van der Waals surface area contributed by atoms with E-state index in [-0.39, 0.29) is 5.91 Å². The van der Waals surface area contributed by atoms with Gasteiger partial charge < -0.3 is 10.1 Å². The highest BCUT2D eigenvalue weighted by atomic mass is 79.9. The normalized spacial score (nSPS) is 15.8. The Labute approximate surface area is 226 Å². The molecular formula is C23H13Br2Cl3N2O2S. The average molecular weight is 648 g/mol. The Morgan fingerprint density at radius 2 is 1.70 bits per heavy atom. The number of amidine groups is 1. The SMILES string of the molecule is O=C1NC(=Nc2cccc(Cl)c2Cl)S/C1=C\c1cc(Br)c(OCc2ccccc2Cl)c(Br)c1. The summed E-state index contributed by atoms with van der Waals surface area (Å²) in [4.78, 5) is 17.4. The highest BCUT2D eigenvalue weighted by molar-refractivity contribution is 9.11. The number of nitrogens with one attached hydrogen (secondary N) is 1. The highest BCUT2D eigenvalue weighted by Crippen LogP contribution is 2.38. The van der Waals surface area contributed by atoms with Gasteiger partial charge >= 0.3 is 0 Å². The Hall–Kier alpha value is -1.48. The molecule has 0 bridgehead atoms. The first-order valence-corrected chi connectivity index (χ1v) is 12.9. The average Bonchev–Trinajstić information content (AvgIpc) is 3.10. The number of hydrogen-bond donors (Lipinski definition) is 1. The standard InChI is InChI=1S/C23H13Br2Cl3N2O2S/c24-14-8-12(9-15(25)21(14)32-11-13-4-1-2-5-16(13)26)10-19-22(31)30-23(33-19)29-18-7-3-6-17(27)20(18)28/h1-10H,11H2,(H,29,30,31)/b19-10-. The number of benzene rings is 3. The molecule has 0 spiro atoms. The van der Waals surface area contributed by atoms with Crippen LogP contribution in [0.3, 0.4) is 0 Å². The Morgan fingerprint density at radius 1 is 1.00 bits per heavy atom. The first-order chi connectivity index (χ1) is 15.8. The predicted octanol–water partition coefficient (Wildman–Crippen LogP) is 8.64. The summed E-state index contributed by atoms with van der Waals surface area (Å²) >= 11 is 26.8. The van der Waals surface area contributed by atoms with E-state index in [1.807, 2.05) is 36.4 Å². The van der Waals surface area contributed by atoms with Crippen LogP contribution in [0.5, 0.6) is 5.75 Å². The van der Waals surface area contributed by atoms with Crippen molar-refractivity contribution in [2.45, 2.75) is 6.61 Å². The lowest BCUT2D eigenvalue weighted by molar-refractivity contribution is -0.115. The summed E-state index contributed by atoms with van der Waals surface area (Å²) < 4.78 is 7.43. The van der Waals surface area contributed by atoms with Crippen molar-refractivity contribution < 1.29 is 9.53 Å². The molecule has 33 heavy (non-hydrogen) atoms. The van der Waals surface area contributed by atoms with Crippen molar-refractivity contribution in [1.82, 2.24) is 5.32 Å². The van der Waals surface area contributed by atoms with E-state index in [1.165, 1.54) is 11.8 Å². The molecule has 0 atom stereocenters. The minimum absolute atomic E-state index is 0.247. The summed E-state index contributed by atoms with van der Waals surface area (Å²) in [7, 11) is 0. The van der Waals surface area contributed by atoms with E-state index in [0.717, 1.165) is 20.1 Å². The fourth-order valence-electron chi connectivity index (χ4n) is 2.89. The molecule has 1 saturated heterocycles. The summed E-state index contributed by atoms with van der Waals surface area (Å²) in [6.07, 6.45) is 1.77. The van der Waals surface area contributed by atoms with Crippen molar-refractivity contribution in [3.8, 4) is 5.75 Å². The summed E-state index contributed by atoms with van der Waals surface area (Å²) in [5, 5.41) is 4.55. The molecule has 1 fully saturated rings. The monoisotopic (exact) mass is 644 g/mol. The lowest BCUT2D eigenvalue weighted by atomic mass is 10.2. The van der Waals surface area contributed by atoms with Crippen LogP contribution in [0.4, 0.5) is 5.69 Å². The molecule has 1 amide bonds. The van der Waals surface area contributed by atoms with Crippen LogP contribution in [-0.2, 0) is 11.4 Å². The van der Waals surface area contributed by atoms with Crippen LogP contribution < -0.4 is 10.1 Å². The van der Waals surface area contributed by atoms with Crippen molar-refractivity contribution in [3.63, 3.8) is 0 Å². The number of carbonyl (C=O) groups is 1. The van der Waals surface area contributed by atoms with Gasteiger partial charge in [-0.05, 0) is 85.6 Å². The molecule has 0 aliphatic carbocycles. The van der Waals surface area contributed by atoms with Gasteiger partial charge in [-0.25, -0.2) is 4.99 Å². The number of rotatable bonds is 5. The molecule has 0 aromatic heterocycles. The van der Waals surface area contributed by atoms with Crippen molar-refractivity contribution >= 4 is 101 Å². The zero-order valence-corrected chi connectivity index (χ0v) is 22.8. The minimum atomic E-state index is -0.247. The first kappa shape index (κ1) is 24.6. The van der Waals surface area contributed by atoms with Gasteiger partial charge in [-0.3, -0.25) is 4.79 Å². The molecule has 4 nitrogen and oxygen atoms in total. The fourth-order valence-corrected chi connectivity index (χ4v) is 5.70. The van der Waals surface area contributed by atoms with Crippen molar-refractivity contribution in [2.24, 2.45) is 4.99 Å². The third-order valence-corrected chi connectivity index (χ3v) is 7.72. The zero-order chi connectivity index (χ0) is 23.5. The van der Waals surface area contributed by atoms with Gasteiger partial charge in [-0.2, -0.15) is 0 Å². The number of aliphatic imine (C=N–C) groups is 1. The van der Waals surface area contributed by atoms with E-state index in [9.17, 15) is 4.79 Å². The minimum Gasteiger partial charge on any atom is -0.486 e. The number of amides is 1. The summed E-state index contributed by atoms with van der Waals surface area (Å²) in [6, 6.07) is 16.4. The van der Waals surface area contributed by atoms with Gasteiger partial charge in [-0.1, -0.05) is 59.1 Å². The van der Waals surface area contributed by atoms with E-state index >= 15 is 0 Å². The molecule has 10 heteroatoms. The topological polar surface area (TPSA) is 50.7 Å². The Kier molecular flexibility index (Phi) is 8.10. The molecule has 0 saturated carbocycles. The summed E-state index contributed by atoms with van der Waals surface area (Å²) in [6.45, 7) is 0.321. The molecule has 4 rings (SSSR count). The van der Waals surface area contributed by atoms with Gasteiger partial charge in [-0.15, -0.1) is 0 Å². The van der Waals surface area contributed by atoms with E-state index in [2.05, 4.69) is 42.2 Å². The van der Waals surface area contributed by atoms with Crippen LogP contribution in [0.1, 0.15) is 11.1 Å². The maximum Gasteiger partial charge on any atom is 0.264 e. The second-order valence-electron chi connectivity index (χ2n) is 6.75. The number of halogens is 5. The van der Waals surface area contributed by atoms with E-state index in [1.54, 1.807) is 24.3 Å². The number of nitrogens with zero attached hydrogens (tertiary/aromatic N) is 1. The smallest absolute Gasteiger partial charge is 0.264 e. The second-order valence-corrected chi connectivity index (χ2v) is 10.7. The second kappa shape index (κ2) is 10.8. The van der Waals surface area contributed by atoms with Crippen LogP contribution in [0, 0.1) is 0 Å². The summed E-state index contributed by atoms with van der Waals surface area (Å²) in [5.41, 5.74) is 2.17. The Morgan fingerprint density at radius 3 is 2.42 bits per heavy atom. The van der Waals surface area contributed by atoms with Gasteiger partial charge in [0.1, 0.15) is 12.4 Å². The summed E-state index contributed by atoms with van der Waals surface area (Å²) in [5.74, 6) is 0.390. The number of hydrogen-bond acceptors (Lipinski definition) is 4. The molecule has 0 unspecified atom stereocenters. The molecule has 168 valence electrons. The third-order valence-electron chi connectivity index (χ3n) is 4.45. The number of thioether (sulfide) groups is 1. The van der Waals surface area contributed by atoms with Crippen LogP contribution >= 0.6 is 78.4 Å². The molecule has 3 aromatic rings. The predicted molar refractivity (Wildman–Crippen MR) is 145 cm³/mol. The third kappa shape index (κ3) is 5.96. The van der Waals surface area contributed by atoms with Crippen LogP contribution in [0.25, 0.3) is 6.08 Å². The number of ether oxygens (including phenoxy) is 1. The number of carbonyl (C=O) groups excluding carboxylic acids is 1. The Balaban J connectivity index is 1.53. The van der Waals surface area contributed by atoms with Crippen LogP contribution in [0.2, 0.25) is 15.1 Å². The van der Waals surface area contributed by atoms with Crippen molar-refractivity contribution in [1.29, 1.82) is 0 Å². The first-order valence-electron chi connectivity index (χ1n) is 9.40. The van der Waals surface area contributed by atoms with Gasteiger partial charge in [0.15, 0.2) is 5.17 Å². The molecule has 1 heterocycles. The van der Waals surface area contributed by atoms with E-state index < -0.39 is 0 Å². The Bertz CT molecular complexity index is 1290. The van der Waals surface area contributed by atoms with Crippen molar-refractivity contribution in [2.75, 3.05) is 0 Å². The van der Waals surface area contributed by atoms with Gasteiger partial charge in [0.2, 0.25) is 0 Å². The molecule has 1 aliphatic rings. The lowest BCUT2D eigenvalue weighted by Crippen LogP contribution is -2.19. The van der Waals surface area contributed by atoms with Crippen LogP contribution in [-0.4, -0.2) is 11.1 Å². The molecule has 1 N–H and O–H groups in total. The lowest BCUT2D eigenvalue weighted by Gasteiger charge is -2.12. The van der Waals surface area contributed by atoms with E-state index in [0.29, 0.717) is 43.2 Å². The van der Waals surface area contributed by atoms with Gasteiger partial charge in [0.25, 0.3) is 5.91 Å². The maximum atomic E-state index is 12.5. The van der Waals surface area contributed by atoms with Gasteiger partial charge in [0, 0.05) is 10.6 Å². The quantitative estimate of drug-likeness (QED) is 0.282. The molecule has 3 aromatic carbocycles. The fraction of sp³-hybridized carbons (Fsp3) is 0.0435.